The molecule has 0 spiro atoms. The van der Waals surface area contributed by atoms with Crippen molar-refractivity contribution in [2.45, 2.75) is 98.8 Å². The van der Waals surface area contributed by atoms with E-state index in [1.54, 1.807) is 0 Å². The van der Waals surface area contributed by atoms with E-state index in [4.69, 9.17) is 9.47 Å². The average Bonchev–Trinajstić information content (AvgIpc) is 3.17. The standard InChI is InChI=1S/C32H44N2O4/c1-20(2)15-28(25-12-9-22(5)16-29(25)37-21(3)4)34-30(35)18-23-10-13-27-26(17-23)24(19-33-27)11-14-31(36)38-32(6,7)8/h9-10,12-13,16-17,19-21,28,33H,11,14-15,18H2,1-8H3,(H,34,35). The first-order valence-corrected chi connectivity index (χ1v) is 13.7. The minimum absolute atomic E-state index is 0.0306. The highest BCUT2D eigenvalue weighted by atomic mass is 16.6. The Morgan fingerprint density at radius 3 is 2.42 bits per heavy atom. The number of carbonyl (C=O) groups is 2. The highest BCUT2D eigenvalue weighted by molar-refractivity contribution is 5.86. The monoisotopic (exact) mass is 520 g/mol. The van der Waals surface area contributed by atoms with Crippen molar-refractivity contribution in [3.63, 3.8) is 0 Å². The Balaban J connectivity index is 1.75. The predicted molar refractivity (Wildman–Crippen MR) is 153 cm³/mol. The molecule has 0 bridgehead atoms. The molecular formula is C32H44N2O4. The maximum absolute atomic E-state index is 13.3. The average molecular weight is 521 g/mol. The van der Waals surface area contributed by atoms with Gasteiger partial charge in [-0.05, 0) is 95.2 Å². The Bertz CT molecular complexity index is 1250. The zero-order valence-corrected chi connectivity index (χ0v) is 24.2. The number of aromatic nitrogens is 1. The molecule has 0 saturated carbocycles. The van der Waals surface area contributed by atoms with Crippen molar-refractivity contribution in [1.29, 1.82) is 0 Å². The minimum Gasteiger partial charge on any atom is -0.491 e. The van der Waals surface area contributed by atoms with Crippen LogP contribution >= 0.6 is 0 Å². The van der Waals surface area contributed by atoms with E-state index in [2.05, 4.69) is 36.3 Å². The third-order valence-electron chi connectivity index (χ3n) is 6.16. The third-order valence-corrected chi connectivity index (χ3v) is 6.16. The SMILES string of the molecule is Cc1ccc(C(CC(C)C)NC(=O)Cc2ccc3[nH]cc(CCC(=O)OC(C)(C)C)c3c2)c(OC(C)C)c1. The van der Waals surface area contributed by atoms with Crippen LogP contribution in [0, 0.1) is 12.8 Å². The molecule has 0 aliphatic carbocycles. The van der Waals surface area contributed by atoms with Crippen LogP contribution in [-0.2, 0) is 27.2 Å². The lowest BCUT2D eigenvalue weighted by Gasteiger charge is -2.25. The van der Waals surface area contributed by atoms with E-state index in [0.29, 0.717) is 18.8 Å². The lowest BCUT2D eigenvalue weighted by Crippen LogP contribution is -2.31. The number of ether oxygens (including phenoxy) is 2. The second-order valence-corrected chi connectivity index (χ2v) is 11.9. The van der Waals surface area contributed by atoms with Crippen LogP contribution in [0.1, 0.15) is 89.6 Å². The molecule has 2 aromatic carbocycles. The molecule has 6 heteroatoms. The smallest absolute Gasteiger partial charge is 0.306 e. The van der Waals surface area contributed by atoms with Crippen LogP contribution in [0.2, 0.25) is 0 Å². The Labute approximate surface area is 227 Å². The Morgan fingerprint density at radius 2 is 1.76 bits per heavy atom. The van der Waals surface area contributed by atoms with Gasteiger partial charge in [-0.2, -0.15) is 0 Å². The molecule has 0 aliphatic heterocycles. The Morgan fingerprint density at radius 1 is 1.03 bits per heavy atom. The van der Waals surface area contributed by atoms with Crippen molar-refractivity contribution < 1.29 is 19.1 Å². The van der Waals surface area contributed by atoms with Crippen LogP contribution in [0.15, 0.2) is 42.6 Å². The highest BCUT2D eigenvalue weighted by Gasteiger charge is 2.21. The number of benzene rings is 2. The number of amides is 1. The number of hydrogen-bond donors (Lipinski definition) is 2. The molecule has 0 fully saturated rings. The molecular weight excluding hydrogens is 476 g/mol. The maximum Gasteiger partial charge on any atom is 0.306 e. The van der Waals surface area contributed by atoms with Crippen LogP contribution in [0.25, 0.3) is 10.9 Å². The van der Waals surface area contributed by atoms with Gasteiger partial charge in [-0.15, -0.1) is 0 Å². The zero-order chi connectivity index (χ0) is 28.0. The van der Waals surface area contributed by atoms with E-state index in [1.165, 1.54) is 0 Å². The van der Waals surface area contributed by atoms with Crippen LogP contribution in [0.5, 0.6) is 5.75 Å². The fourth-order valence-electron chi connectivity index (χ4n) is 4.62. The van der Waals surface area contributed by atoms with Crippen molar-refractivity contribution in [3.8, 4) is 5.75 Å². The van der Waals surface area contributed by atoms with Gasteiger partial charge in [0.1, 0.15) is 11.4 Å². The van der Waals surface area contributed by atoms with Crippen molar-refractivity contribution in [1.82, 2.24) is 10.3 Å². The molecule has 1 amide bonds. The largest absolute Gasteiger partial charge is 0.491 e. The molecule has 6 nitrogen and oxygen atoms in total. The fraction of sp³-hybridized carbons (Fsp3) is 0.500. The summed E-state index contributed by atoms with van der Waals surface area (Å²) < 4.78 is 11.6. The summed E-state index contributed by atoms with van der Waals surface area (Å²) in [7, 11) is 0. The maximum atomic E-state index is 13.3. The summed E-state index contributed by atoms with van der Waals surface area (Å²) in [6, 6.07) is 12.1. The molecule has 2 N–H and O–H groups in total. The number of H-pyrrole nitrogens is 1. The number of aromatic amines is 1. The summed E-state index contributed by atoms with van der Waals surface area (Å²) in [5, 5.41) is 4.31. The molecule has 1 unspecified atom stereocenters. The highest BCUT2D eigenvalue weighted by Crippen LogP contribution is 2.32. The van der Waals surface area contributed by atoms with Crippen LogP contribution in [0.3, 0.4) is 0 Å². The van der Waals surface area contributed by atoms with Gasteiger partial charge in [-0.25, -0.2) is 0 Å². The molecule has 38 heavy (non-hydrogen) atoms. The van der Waals surface area contributed by atoms with Gasteiger partial charge in [-0.1, -0.05) is 32.0 Å². The summed E-state index contributed by atoms with van der Waals surface area (Å²) in [6.45, 7) is 16.0. The quantitative estimate of drug-likeness (QED) is 0.267. The summed E-state index contributed by atoms with van der Waals surface area (Å²) in [4.78, 5) is 28.7. The molecule has 1 aromatic heterocycles. The lowest BCUT2D eigenvalue weighted by molar-refractivity contribution is -0.154. The van der Waals surface area contributed by atoms with E-state index in [0.717, 1.165) is 45.3 Å². The van der Waals surface area contributed by atoms with Gasteiger partial charge < -0.3 is 19.8 Å². The van der Waals surface area contributed by atoms with E-state index in [-0.39, 0.29) is 30.4 Å². The Hall–Kier alpha value is -3.28. The van der Waals surface area contributed by atoms with Crippen LogP contribution < -0.4 is 10.1 Å². The fourth-order valence-corrected chi connectivity index (χ4v) is 4.62. The van der Waals surface area contributed by atoms with E-state index in [1.807, 2.05) is 72.0 Å². The first kappa shape index (κ1) is 29.3. The molecule has 3 aromatic rings. The number of fused-ring (bicyclic) bond motifs is 1. The van der Waals surface area contributed by atoms with E-state index in [9.17, 15) is 9.59 Å². The van der Waals surface area contributed by atoms with E-state index >= 15 is 0 Å². The minimum atomic E-state index is -0.495. The number of nitrogens with one attached hydrogen (secondary N) is 2. The van der Waals surface area contributed by atoms with Crippen molar-refractivity contribution in [2.75, 3.05) is 0 Å². The molecule has 0 aliphatic rings. The number of aryl methyl sites for hydroxylation is 2. The summed E-state index contributed by atoms with van der Waals surface area (Å²) in [5.41, 5.74) is 4.60. The van der Waals surface area contributed by atoms with Gasteiger partial charge in [-0.3, -0.25) is 9.59 Å². The van der Waals surface area contributed by atoms with Crippen molar-refractivity contribution in [2.24, 2.45) is 5.92 Å². The topological polar surface area (TPSA) is 80.4 Å². The first-order chi connectivity index (χ1) is 17.8. The van der Waals surface area contributed by atoms with Gasteiger partial charge in [0.15, 0.2) is 0 Å². The molecule has 0 saturated heterocycles. The van der Waals surface area contributed by atoms with Gasteiger partial charge in [0.05, 0.1) is 18.6 Å². The number of carbonyl (C=O) groups excluding carboxylic acids is 2. The number of rotatable bonds is 11. The summed E-state index contributed by atoms with van der Waals surface area (Å²) >= 11 is 0. The molecule has 1 heterocycles. The third kappa shape index (κ3) is 8.64. The van der Waals surface area contributed by atoms with Crippen molar-refractivity contribution >= 4 is 22.8 Å². The van der Waals surface area contributed by atoms with Gasteiger partial charge >= 0.3 is 5.97 Å². The van der Waals surface area contributed by atoms with Crippen LogP contribution in [0.4, 0.5) is 0 Å². The van der Waals surface area contributed by atoms with Crippen molar-refractivity contribution in [3.05, 3.63) is 64.8 Å². The lowest BCUT2D eigenvalue weighted by atomic mass is 9.95. The molecule has 3 rings (SSSR count). The summed E-state index contributed by atoms with van der Waals surface area (Å²) in [6.07, 6.45) is 3.95. The van der Waals surface area contributed by atoms with Gasteiger partial charge in [0, 0.05) is 29.1 Å². The normalized spacial score (nSPS) is 12.7. The second-order valence-electron chi connectivity index (χ2n) is 11.9. The van der Waals surface area contributed by atoms with Gasteiger partial charge in [0.2, 0.25) is 5.91 Å². The molecule has 206 valence electrons. The second kappa shape index (κ2) is 12.5. The molecule has 0 radical (unpaired) electrons. The number of esters is 1. The van der Waals surface area contributed by atoms with E-state index < -0.39 is 5.60 Å². The molecule has 1 atom stereocenters. The first-order valence-electron chi connectivity index (χ1n) is 13.7. The Kier molecular flexibility index (Phi) is 9.64. The van der Waals surface area contributed by atoms with Crippen LogP contribution in [-0.4, -0.2) is 28.6 Å². The predicted octanol–water partition coefficient (Wildman–Crippen LogP) is 6.98. The van der Waals surface area contributed by atoms with Gasteiger partial charge in [0.25, 0.3) is 0 Å². The number of hydrogen-bond acceptors (Lipinski definition) is 4. The summed E-state index contributed by atoms with van der Waals surface area (Å²) in [5.74, 6) is 0.985. The zero-order valence-electron chi connectivity index (χ0n) is 24.2.